The fourth-order valence-electron chi connectivity index (χ4n) is 4.41. The molecule has 0 aromatic heterocycles. The highest BCUT2D eigenvalue weighted by Gasteiger charge is 2.30. The van der Waals surface area contributed by atoms with Gasteiger partial charge in [0.1, 0.15) is 0 Å². The number of benzene rings is 1. The van der Waals surface area contributed by atoms with Gasteiger partial charge >= 0.3 is 0 Å². The summed E-state index contributed by atoms with van der Waals surface area (Å²) in [6.07, 6.45) is 5.51. The van der Waals surface area contributed by atoms with Gasteiger partial charge in [0.15, 0.2) is 0 Å². The van der Waals surface area contributed by atoms with Gasteiger partial charge in [0, 0.05) is 32.2 Å². The molecule has 1 heterocycles. The molecular formula is C21H33N3O. The standard InChI is InChI=1S/C21H33N3O/c1-16-8-4-7-11-20(16)17(2)22-21(25)18(3)23-12-14-24(15-13-23)19-9-5-6-10-19/h4,7-8,11,17-19H,5-6,9-10,12-15H2,1-3H3,(H,22,25). The molecule has 3 rings (SSSR count). The summed E-state index contributed by atoms with van der Waals surface area (Å²) in [6, 6.07) is 9.08. The number of nitrogens with one attached hydrogen (secondary N) is 1. The monoisotopic (exact) mass is 343 g/mol. The SMILES string of the molecule is Cc1ccccc1C(C)NC(=O)C(C)N1CCN(C2CCCC2)CC1. The highest BCUT2D eigenvalue weighted by atomic mass is 16.2. The molecule has 0 radical (unpaired) electrons. The number of nitrogens with zero attached hydrogens (tertiary/aromatic N) is 2. The van der Waals surface area contributed by atoms with Gasteiger partial charge in [-0.15, -0.1) is 0 Å². The number of aryl methyl sites for hydroxylation is 1. The summed E-state index contributed by atoms with van der Waals surface area (Å²) in [7, 11) is 0. The Balaban J connectivity index is 1.50. The predicted molar refractivity (Wildman–Crippen MR) is 103 cm³/mol. The lowest BCUT2D eigenvalue weighted by Crippen LogP contribution is -2.55. The predicted octanol–water partition coefficient (Wildman–Crippen LogP) is 3.12. The van der Waals surface area contributed by atoms with Crippen LogP contribution in [0, 0.1) is 6.92 Å². The Morgan fingerprint density at radius 2 is 1.72 bits per heavy atom. The van der Waals surface area contributed by atoms with E-state index >= 15 is 0 Å². The van der Waals surface area contributed by atoms with Crippen LogP contribution in [0.25, 0.3) is 0 Å². The molecule has 25 heavy (non-hydrogen) atoms. The maximum Gasteiger partial charge on any atom is 0.237 e. The lowest BCUT2D eigenvalue weighted by Gasteiger charge is -2.40. The second kappa shape index (κ2) is 8.33. The smallest absolute Gasteiger partial charge is 0.237 e. The molecule has 138 valence electrons. The van der Waals surface area contributed by atoms with Crippen molar-refractivity contribution in [2.75, 3.05) is 26.2 Å². The van der Waals surface area contributed by atoms with E-state index in [0.717, 1.165) is 32.2 Å². The van der Waals surface area contributed by atoms with Gasteiger partial charge in [0.05, 0.1) is 12.1 Å². The maximum atomic E-state index is 12.7. The highest BCUT2D eigenvalue weighted by Crippen LogP contribution is 2.24. The van der Waals surface area contributed by atoms with Crippen molar-refractivity contribution in [3.05, 3.63) is 35.4 Å². The molecule has 1 N–H and O–H groups in total. The summed E-state index contributed by atoms with van der Waals surface area (Å²) in [5.41, 5.74) is 2.43. The van der Waals surface area contributed by atoms with Gasteiger partial charge in [-0.3, -0.25) is 14.6 Å². The molecule has 2 unspecified atom stereocenters. The Labute approximate surface area is 152 Å². The first-order valence-corrected chi connectivity index (χ1v) is 9.90. The van der Waals surface area contributed by atoms with Gasteiger partial charge in [0.2, 0.25) is 5.91 Å². The van der Waals surface area contributed by atoms with Crippen molar-refractivity contribution in [2.24, 2.45) is 0 Å². The summed E-state index contributed by atoms with van der Waals surface area (Å²) in [5.74, 6) is 0.144. The van der Waals surface area contributed by atoms with Crippen LogP contribution >= 0.6 is 0 Å². The molecule has 1 saturated heterocycles. The van der Waals surface area contributed by atoms with Crippen LogP contribution in [0.4, 0.5) is 0 Å². The average molecular weight is 344 g/mol. The zero-order chi connectivity index (χ0) is 17.8. The summed E-state index contributed by atoms with van der Waals surface area (Å²) < 4.78 is 0. The molecule has 1 aromatic rings. The Bertz CT molecular complexity index is 574. The van der Waals surface area contributed by atoms with Crippen LogP contribution in [0.3, 0.4) is 0 Å². The number of carbonyl (C=O) groups is 1. The normalized spacial score (nSPS) is 22.7. The molecule has 1 aliphatic carbocycles. The van der Waals surface area contributed by atoms with E-state index in [2.05, 4.69) is 41.1 Å². The van der Waals surface area contributed by atoms with Gasteiger partial charge < -0.3 is 5.32 Å². The fraction of sp³-hybridized carbons (Fsp3) is 0.667. The van der Waals surface area contributed by atoms with Crippen molar-refractivity contribution in [2.45, 2.75) is 64.6 Å². The molecule has 4 heteroatoms. The first-order valence-electron chi connectivity index (χ1n) is 9.90. The van der Waals surface area contributed by atoms with Crippen molar-refractivity contribution < 1.29 is 4.79 Å². The number of piperazine rings is 1. The van der Waals surface area contributed by atoms with Crippen LogP contribution in [-0.2, 0) is 4.79 Å². The quantitative estimate of drug-likeness (QED) is 0.892. The molecule has 1 aromatic carbocycles. The minimum atomic E-state index is -0.0582. The largest absolute Gasteiger partial charge is 0.348 e. The number of hydrogen-bond acceptors (Lipinski definition) is 3. The average Bonchev–Trinajstić information content (AvgIpc) is 3.16. The highest BCUT2D eigenvalue weighted by molar-refractivity contribution is 5.81. The third kappa shape index (κ3) is 4.42. The van der Waals surface area contributed by atoms with Gasteiger partial charge in [0.25, 0.3) is 0 Å². The van der Waals surface area contributed by atoms with Crippen molar-refractivity contribution in [1.82, 2.24) is 15.1 Å². The third-order valence-electron chi connectivity index (χ3n) is 6.13. The molecule has 1 amide bonds. The lowest BCUT2D eigenvalue weighted by molar-refractivity contribution is -0.127. The lowest BCUT2D eigenvalue weighted by atomic mass is 10.0. The Kier molecular flexibility index (Phi) is 6.13. The third-order valence-corrected chi connectivity index (χ3v) is 6.13. The van der Waals surface area contributed by atoms with Crippen LogP contribution in [0.5, 0.6) is 0 Å². The molecule has 0 spiro atoms. The zero-order valence-electron chi connectivity index (χ0n) is 16.0. The summed E-state index contributed by atoms with van der Waals surface area (Å²) in [6.45, 7) is 10.4. The number of amides is 1. The molecule has 0 bridgehead atoms. The van der Waals surface area contributed by atoms with Crippen molar-refractivity contribution >= 4 is 5.91 Å². The minimum absolute atomic E-state index is 0.0518. The first kappa shape index (κ1) is 18.4. The molecule has 1 saturated carbocycles. The van der Waals surface area contributed by atoms with E-state index in [1.165, 1.54) is 36.8 Å². The molecule has 4 nitrogen and oxygen atoms in total. The van der Waals surface area contributed by atoms with Crippen molar-refractivity contribution in [3.8, 4) is 0 Å². The zero-order valence-corrected chi connectivity index (χ0v) is 16.0. The Morgan fingerprint density at radius 3 is 2.36 bits per heavy atom. The number of hydrogen-bond donors (Lipinski definition) is 1. The molecular weight excluding hydrogens is 310 g/mol. The van der Waals surface area contributed by atoms with E-state index in [4.69, 9.17) is 0 Å². The van der Waals surface area contributed by atoms with Crippen LogP contribution in [0.2, 0.25) is 0 Å². The number of rotatable bonds is 5. The summed E-state index contributed by atoms with van der Waals surface area (Å²) >= 11 is 0. The second-order valence-electron chi connectivity index (χ2n) is 7.77. The van der Waals surface area contributed by atoms with E-state index in [9.17, 15) is 4.79 Å². The molecule has 2 aliphatic rings. The number of carbonyl (C=O) groups excluding carboxylic acids is 1. The van der Waals surface area contributed by atoms with Gasteiger partial charge in [-0.1, -0.05) is 37.1 Å². The Hall–Kier alpha value is -1.39. The van der Waals surface area contributed by atoms with E-state index in [-0.39, 0.29) is 18.0 Å². The van der Waals surface area contributed by atoms with Crippen LogP contribution < -0.4 is 5.32 Å². The minimum Gasteiger partial charge on any atom is -0.348 e. The summed E-state index contributed by atoms with van der Waals surface area (Å²) in [4.78, 5) is 17.7. The fourth-order valence-corrected chi connectivity index (χ4v) is 4.41. The molecule has 2 fully saturated rings. The van der Waals surface area contributed by atoms with Crippen LogP contribution in [0.15, 0.2) is 24.3 Å². The van der Waals surface area contributed by atoms with Gasteiger partial charge in [-0.05, 0) is 44.7 Å². The van der Waals surface area contributed by atoms with Crippen molar-refractivity contribution in [1.29, 1.82) is 0 Å². The Morgan fingerprint density at radius 1 is 1.08 bits per heavy atom. The summed E-state index contributed by atoms with van der Waals surface area (Å²) in [5, 5.41) is 3.21. The van der Waals surface area contributed by atoms with Crippen LogP contribution in [-0.4, -0.2) is 54.0 Å². The van der Waals surface area contributed by atoms with Gasteiger partial charge in [-0.2, -0.15) is 0 Å². The second-order valence-corrected chi connectivity index (χ2v) is 7.77. The van der Waals surface area contributed by atoms with E-state index in [0.29, 0.717) is 0 Å². The van der Waals surface area contributed by atoms with Crippen LogP contribution in [0.1, 0.15) is 56.7 Å². The first-order chi connectivity index (χ1) is 12.1. The van der Waals surface area contributed by atoms with Crippen molar-refractivity contribution in [3.63, 3.8) is 0 Å². The van der Waals surface area contributed by atoms with E-state index in [1.54, 1.807) is 0 Å². The molecule has 2 atom stereocenters. The van der Waals surface area contributed by atoms with E-state index in [1.807, 2.05) is 19.1 Å². The molecule has 1 aliphatic heterocycles. The van der Waals surface area contributed by atoms with Gasteiger partial charge in [-0.25, -0.2) is 0 Å². The maximum absolute atomic E-state index is 12.7. The van der Waals surface area contributed by atoms with E-state index < -0.39 is 0 Å². The topological polar surface area (TPSA) is 35.6 Å².